The van der Waals surface area contributed by atoms with Crippen molar-refractivity contribution in [1.29, 1.82) is 0 Å². The number of phenols is 1. The first-order chi connectivity index (χ1) is 11.0. The Labute approximate surface area is 142 Å². The van der Waals surface area contributed by atoms with Gasteiger partial charge in [-0.15, -0.1) is 0 Å². The number of rotatable bonds is 5. The van der Waals surface area contributed by atoms with Crippen LogP contribution >= 0.6 is 15.9 Å². The lowest BCUT2D eigenvalue weighted by Crippen LogP contribution is -2.33. The predicted molar refractivity (Wildman–Crippen MR) is 92.6 cm³/mol. The maximum atomic E-state index is 12.0. The average molecular weight is 377 g/mol. The number of carbonyl (C=O) groups is 2. The van der Waals surface area contributed by atoms with Crippen LogP contribution in [-0.4, -0.2) is 23.5 Å². The minimum absolute atomic E-state index is 0.112. The number of carbonyl (C=O) groups excluding carboxylic acids is 2. The summed E-state index contributed by atoms with van der Waals surface area (Å²) in [4.78, 5) is 24.0. The average Bonchev–Trinajstić information content (AvgIpc) is 2.55. The summed E-state index contributed by atoms with van der Waals surface area (Å²) in [5, 5.41) is 15.0. The van der Waals surface area contributed by atoms with E-state index in [9.17, 15) is 14.7 Å². The highest BCUT2D eigenvalue weighted by atomic mass is 79.9. The molecular formula is C17H17BrN2O3. The summed E-state index contributed by atoms with van der Waals surface area (Å²) in [7, 11) is 0. The van der Waals surface area contributed by atoms with Gasteiger partial charge in [-0.2, -0.15) is 0 Å². The molecule has 0 saturated carbocycles. The highest BCUT2D eigenvalue weighted by molar-refractivity contribution is 9.10. The van der Waals surface area contributed by atoms with Gasteiger partial charge in [-0.3, -0.25) is 9.59 Å². The molecule has 0 fully saturated rings. The number of hydrogen-bond acceptors (Lipinski definition) is 3. The van der Waals surface area contributed by atoms with E-state index in [4.69, 9.17) is 0 Å². The van der Waals surface area contributed by atoms with Crippen molar-refractivity contribution in [2.24, 2.45) is 0 Å². The molecule has 0 unspecified atom stereocenters. The van der Waals surface area contributed by atoms with E-state index in [0.717, 1.165) is 17.7 Å². The van der Waals surface area contributed by atoms with Gasteiger partial charge < -0.3 is 15.7 Å². The molecule has 6 heteroatoms. The van der Waals surface area contributed by atoms with Crippen molar-refractivity contribution in [1.82, 2.24) is 5.32 Å². The Morgan fingerprint density at radius 1 is 1.17 bits per heavy atom. The van der Waals surface area contributed by atoms with Crippen LogP contribution in [-0.2, 0) is 11.2 Å². The summed E-state index contributed by atoms with van der Waals surface area (Å²) in [5.74, 6) is -0.973. The molecular weight excluding hydrogens is 360 g/mol. The predicted octanol–water partition coefficient (Wildman–Crippen LogP) is 3.09. The number of hydrogen-bond donors (Lipinski definition) is 3. The molecule has 0 atom stereocenters. The van der Waals surface area contributed by atoms with E-state index in [1.54, 1.807) is 6.07 Å². The van der Waals surface area contributed by atoms with Gasteiger partial charge in [-0.05, 0) is 36.2 Å². The highest BCUT2D eigenvalue weighted by Crippen LogP contribution is 2.21. The molecule has 0 aromatic heterocycles. The van der Waals surface area contributed by atoms with Crippen LogP contribution in [0, 0.1) is 0 Å². The molecule has 3 N–H and O–H groups in total. The van der Waals surface area contributed by atoms with Crippen LogP contribution in [0.5, 0.6) is 5.75 Å². The Morgan fingerprint density at radius 3 is 2.65 bits per heavy atom. The van der Waals surface area contributed by atoms with Crippen molar-refractivity contribution in [3.63, 3.8) is 0 Å². The number of amides is 2. The third-order valence-electron chi connectivity index (χ3n) is 3.29. The lowest BCUT2D eigenvalue weighted by molar-refractivity contribution is -0.115. The molecule has 0 heterocycles. The normalized spacial score (nSPS) is 10.2. The topological polar surface area (TPSA) is 78.4 Å². The fourth-order valence-corrected chi connectivity index (χ4v) is 2.45. The molecule has 0 aliphatic heterocycles. The molecule has 2 aromatic rings. The van der Waals surface area contributed by atoms with Gasteiger partial charge in [-0.25, -0.2) is 0 Å². The zero-order chi connectivity index (χ0) is 16.8. The third kappa shape index (κ3) is 4.56. The van der Waals surface area contributed by atoms with Crippen LogP contribution < -0.4 is 10.6 Å². The second-order valence-electron chi connectivity index (χ2n) is 4.90. The zero-order valence-electron chi connectivity index (χ0n) is 12.6. The second-order valence-corrected chi connectivity index (χ2v) is 5.82. The fourth-order valence-electron chi connectivity index (χ4n) is 2.09. The number of anilines is 1. The zero-order valence-corrected chi connectivity index (χ0v) is 14.2. The van der Waals surface area contributed by atoms with E-state index in [2.05, 4.69) is 26.6 Å². The van der Waals surface area contributed by atoms with E-state index < -0.39 is 5.91 Å². The molecule has 5 nitrogen and oxygen atoms in total. The van der Waals surface area contributed by atoms with Crippen molar-refractivity contribution in [2.75, 3.05) is 11.9 Å². The van der Waals surface area contributed by atoms with E-state index in [-0.39, 0.29) is 23.8 Å². The van der Waals surface area contributed by atoms with Crippen LogP contribution in [0.15, 0.2) is 46.9 Å². The summed E-state index contributed by atoms with van der Waals surface area (Å²) >= 11 is 3.23. The van der Waals surface area contributed by atoms with Gasteiger partial charge in [0.1, 0.15) is 5.75 Å². The van der Waals surface area contributed by atoms with Gasteiger partial charge >= 0.3 is 0 Å². The van der Waals surface area contributed by atoms with Gasteiger partial charge in [-0.1, -0.05) is 41.1 Å². The lowest BCUT2D eigenvalue weighted by atomic mass is 10.1. The van der Waals surface area contributed by atoms with Crippen molar-refractivity contribution in [3.8, 4) is 5.75 Å². The number of benzene rings is 2. The Hall–Kier alpha value is -2.34. The first kappa shape index (κ1) is 17.0. The maximum absolute atomic E-state index is 12.0. The summed E-state index contributed by atoms with van der Waals surface area (Å²) in [6, 6.07) is 12.0. The van der Waals surface area contributed by atoms with E-state index in [1.807, 2.05) is 31.2 Å². The van der Waals surface area contributed by atoms with Crippen LogP contribution in [0.25, 0.3) is 0 Å². The van der Waals surface area contributed by atoms with Gasteiger partial charge in [0, 0.05) is 10.2 Å². The number of aromatic hydroxyl groups is 1. The number of halogens is 1. The smallest absolute Gasteiger partial charge is 0.255 e. The standard InChI is InChI=1S/C17H17BrN2O3/c1-2-11-5-3-4-6-14(11)20-16(22)10-19-17(23)13-9-12(18)7-8-15(13)21/h3-9,21H,2,10H2,1H3,(H,19,23)(H,20,22). The first-order valence-electron chi connectivity index (χ1n) is 7.15. The fraction of sp³-hybridized carbons (Fsp3) is 0.176. The van der Waals surface area contributed by atoms with Crippen molar-refractivity contribution in [2.45, 2.75) is 13.3 Å². The number of aryl methyl sites for hydroxylation is 1. The minimum atomic E-state index is -0.511. The molecule has 2 rings (SSSR count). The molecule has 2 aromatic carbocycles. The Bertz CT molecular complexity index is 732. The summed E-state index contributed by atoms with van der Waals surface area (Å²) in [6.07, 6.45) is 0.800. The van der Waals surface area contributed by atoms with Gasteiger partial charge in [0.2, 0.25) is 5.91 Å². The molecule has 0 saturated heterocycles. The van der Waals surface area contributed by atoms with Crippen molar-refractivity contribution in [3.05, 3.63) is 58.1 Å². The summed E-state index contributed by atoms with van der Waals surface area (Å²) in [5.41, 5.74) is 1.87. The molecule has 0 radical (unpaired) electrons. The molecule has 0 bridgehead atoms. The second kappa shape index (κ2) is 7.78. The maximum Gasteiger partial charge on any atom is 0.255 e. The van der Waals surface area contributed by atoms with E-state index >= 15 is 0 Å². The van der Waals surface area contributed by atoms with Crippen LogP contribution in [0.4, 0.5) is 5.69 Å². The third-order valence-corrected chi connectivity index (χ3v) is 3.78. The van der Waals surface area contributed by atoms with Gasteiger partial charge in [0.25, 0.3) is 5.91 Å². The highest BCUT2D eigenvalue weighted by Gasteiger charge is 2.13. The first-order valence-corrected chi connectivity index (χ1v) is 7.95. The Morgan fingerprint density at radius 2 is 1.91 bits per heavy atom. The SMILES string of the molecule is CCc1ccccc1NC(=O)CNC(=O)c1cc(Br)ccc1O. The van der Waals surface area contributed by atoms with Crippen molar-refractivity contribution < 1.29 is 14.7 Å². The molecule has 2 amide bonds. The van der Waals surface area contributed by atoms with Crippen molar-refractivity contribution >= 4 is 33.4 Å². The Kier molecular flexibility index (Phi) is 5.76. The largest absolute Gasteiger partial charge is 0.507 e. The summed E-state index contributed by atoms with van der Waals surface area (Å²) < 4.78 is 0.668. The van der Waals surface area contributed by atoms with E-state index in [0.29, 0.717) is 4.47 Å². The molecule has 0 spiro atoms. The number of para-hydroxylation sites is 1. The number of nitrogens with one attached hydrogen (secondary N) is 2. The van der Waals surface area contributed by atoms with Gasteiger partial charge in [0.05, 0.1) is 12.1 Å². The van der Waals surface area contributed by atoms with E-state index in [1.165, 1.54) is 12.1 Å². The quantitative estimate of drug-likeness (QED) is 0.749. The molecule has 23 heavy (non-hydrogen) atoms. The van der Waals surface area contributed by atoms with Crippen LogP contribution in [0.1, 0.15) is 22.8 Å². The number of phenolic OH excluding ortho intramolecular Hbond substituents is 1. The molecule has 0 aliphatic carbocycles. The molecule has 120 valence electrons. The Balaban J connectivity index is 1.96. The lowest BCUT2D eigenvalue weighted by Gasteiger charge is -2.11. The van der Waals surface area contributed by atoms with Crippen LogP contribution in [0.2, 0.25) is 0 Å². The minimum Gasteiger partial charge on any atom is -0.507 e. The van der Waals surface area contributed by atoms with Crippen LogP contribution in [0.3, 0.4) is 0 Å². The monoisotopic (exact) mass is 376 g/mol. The summed E-state index contributed by atoms with van der Waals surface area (Å²) in [6.45, 7) is 1.83. The molecule has 0 aliphatic rings. The van der Waals surface area contributed by atoms with Gasteiger partial charge in [0.15, 0.2) is 0 Å².